The van der Waals surface area contributed by atoms with Crippen LogP contribution in [0.15, 0.2) is 71.8 Å². The number of carbonyl (C=O) groups excluding carboxylic acids is 1. The van der Waals surface area contributed by atoms with Gasteiger partial charge in [0, 0.05) is 18.7 Å². The summed E-state index contributed by atoms with van der Waals surface area (Å²) in [7, 11) is 0. The average Bonchev–Trinajstić information content (AvgIpc) is 2.79. The second-order valence-corrected chi connectivity index (χ2v) is 7.15. The van der Waals surface area contributed by atoms with Gasteiger partial charge in [-0.15, -0.1) is 0 Å². The maximum absolute atomic E-state index is 12.1. The van der Waals surface area contributed by atoms with Crippen LogP contribution in [-0.2, 0) is 16.1 Å². The zero-order chi connectivity index (χ0) is 20.6. The van der Waals surface area contributed by atoms with Gasteiger partial charge in [0.1, 0.15) is 12.4 Å². The third-order valence-corrected chi connectivity index (χ3v) is 5.05. The number of morpholine rings is 1. The van der Waals surface area contributed by atoms with Gasteiger partial charge < -0.3 is 9.47 Å². The molecule has 1 N–H and O–H groups in total. The smallest absolute Gasteiger partial charge is 0.254 e. The molecule has 6 heteroatoms. The first-order valence-electron chi connectivity index (χ1n) is 10.1. The standard InChI is InChI=1S/C24H25N3O3/c28-24(17-27-12-14-29-15-13-27)26-25-16-20-7-2-4-11-23(20)30-18-21-9-5-8-19-6-1-3-10-22(19)21/h1-11,16H,12-15,17-18H2,(H,26,28)/b25-16-. The number of rotatable bonds is 7. The minimum atomic E-state index is -0.137. The molecular weight excluding hydrogens is 378 g/mol. The van der Waals surface area contributed by atoms with Crippen molar-refractivity contribution < 1.29 is 14.3 Å². The lowest BCUT2D eigenvalue weighted by Crippen LogP contribution is -2.42. The fraction of sp³-hybridized carbons (Fsp3) is 0.250. The zero-order valence-electron chi connectivity index (χ0n) is 16.8. The van der Waals surface area contributed by atoms with E-state index in [1.165, 1.54) is 10.8 Å². The molecule has 3 aromatic carbocycles. The van der Waals surface area contributed by atoms with Crippen LogP contribution in [0.2, 0.25) is 0 Å². The molecule has 1 aliphatic rings. The summed E-state index contributed by atoms with van der Waals surface area (Å²) in [4.78, 5) is 14.1. The molecule has 1 aliphatic heterocycles. The largest absolute Gasteiger partial charge is 0.488 e. The van der Waals surface area contributed by atoms with Gasteiger partial charge in [0.15, 0.2) is 0 Å². The second-order valence-electron chi connectivity index (χ2n) is 7.15. The molecule has 3 aromatic rings. The summed E-state index contributed by atoms with van der Waals surface area (Å²) in [5.74, 6) is 0.582. The van der Waals surface area contributed by atoms with Crippen molar-refractivity contribution in [2.45, 2.75) is 6.61 Å². The molecule has 6 nitrogen and oxygen atoms in total. The van der Waals surface area contributed by atoms with Crippen LogP contribution in [0.25, 0.3) is 10.8 Å². The predicted octanol–water partition coefficient (Wildman–Crippen LogP) is 3.20. The third kappa shape index (κ3) is 5.23. The molecule has 154 valence electrons. The number of hydrogen-bond acceptors (Lipinski definition) is 5. The van der Waals surface area contributed by atoms with Crippen molar-refractivity contribution in [2.24, 2.45) is 5.10 Å². The molecular formula is C24H25N3O3. The van der Waals surface area contributed by atoms with Crippen LogP contribution in [-0.4, -0.2) is 49.9 Å². The van der Waals surface area contributed by atoms with E-state index < -0.39 is 0 Å². The summed E-state index contributed by atoms with van der Waals surface area (Å²) < 4.78 is 11.4. The van der Waals surface area contributed by atoms with Gasteiger partial charge >= 0.3 is 0 Å². The Morgan fingerprint density at radius 2 is 1.80 bits per heavy atom. The molecule has 0 spiro atoms. The summed E-state index contributed by atoms with van der Waals surface area (Å²) in [6.07, 6.45) is 1.62. The SMILES string of the molecule is O=C(CN1CCOCC1)N/N=C\c1ccccc1OCc1cccc2ccccc12. The van der Waals surface area contributed by atoms with Gasteiger partial charge in [-0.2, -0.15) is 5.10 Å². The molecule has 1 amide bonds. The highest BCUT2D eigenvalue weighted by Gasteiger charge is 2.13. The van der Waals surface area contributed by atoms with Gasteiger partial charge in [0.25, 0.3) is 5.91 Å². The molecule has 0 aromatic heterocycles. The van der Waals surface area contributed by atoms with Crippen molar-refractivity contribution in [3.8, 4) is 5.75 Å². The molecule has 0 saturated carbocycles. The second kappa shape index (κ2) is 10.0. The van der Waals surface area contributed by atoms with Crippen molar-refractivity contribution >= 4 is 22.9 Å². The van der Waals surface area contributed by atoms with E-state index in [9.17, 15) is 4.79 Å². The van der Waals surface area contributed by atoms with Crippen molar-refractivity contribution in [2.75, 3.05) is 32.8 Å². The first-order valence-corrected chi connectivity index (χ1v) is 10.1. The van der Waals surface area contributed by atoms with Crippen LogP contribution in [0.1, 0.15) is 11.1 Å². The number of benzene rings is 3. The summed E-state index contributed by atoms with van der Waals surface area (Å²) in [6.45, 7) is 3.63. The Bertz CT molecular complexity index is 1020. The molecule has 0 atom stereocenters. The Balaban J connectivity index is 1.37. The Hall–Kier alpha value is -3.22. The van der Waals surface area contributed by atoms with E-state index in [2.05, 4.69) is 39.7 Å². The van der Waals surface area contributed by atoms with E-state index in [1.54, 1.807) is 6.21 Å². The van der Waals surface area contributed by atoms with Crippen LogP contribution < -0.4 is 10.2 Å². The predicted molar refractivity (Wildman–Crippen MR) is 118 cm³/mol. The molecule has 0 bridgehead atoms. The van der Waals surface area contributed by atoms with Gasteiger partial charge in [0.05, 0.1) is 26.0 Å². The van der Waals surface area contributed by atoms with Crippen molar-refractivity contribution in [1.82, 2.24) is 10.3 Å². The summed E-state index contributed by atoms with van der Waals surface area (Å²) >= 11 is 0. The van der Waals surface area contributed by atoms with E-state index in [1.807, 2.05) is 42.5 Å². The molecule has 30 heavy (non-hydrogen) atoms. The molecule has 1 fully saturated rings. The average molecular weight is 403 g/mol. The minimum Gasteiger partial charge on any atom is -0.488 e. The lowest BCUT2D eigenvalue weighted by Gasteiger charge is -2.25. The summed E-state index contributed by atoms with van der Waals surface area (Å²) in [6, 6.07) is 22.1. The zero-order valence-corrected chi connectivity index (χ0v) is 16.8. The molecule has 0 unspecified atom stereocenters. The molecule has 0 radical (unpaired) electrons. The number of carbonyl (C=O) groups is 1. The maximum Gasteiger partial charge on any atom is 0.254 e. The Morgan fingerprint density at radius 3 is 2.70 bits per heavy atom. The van der Waals surface area contributed by atoms with Crippen molar-refractivity contribution in [3.63, 3.8) is 0 Å². The van der Waals surface area contributed by atoms with Crippen molar-refractivity contribution in [3.05, 3.63) is 77.9 Å². The van der Waals surface area contributed by atoms with E-state index in [0.29, 0.717) is 26.4 Å². The monoisotopic (exact) mass is 403 g/mol. The lowest BCUT2D eigenvalue weighted by atomic mass is 10.1. The van der Waals surface area contributed by atoms with E-state index >= 15 is 0 Å². The Morgan fingerprint density at radius 1 is 1.03 bits per heavy atom. The van der Waals surface area contributed by atoms with Gasteiger partial charge in [-0.1, -0.05) is 54.6 Å². The number of fused-ring (bicyclic) bond motifs is 1. The number of amides is 1. The van der Waals surface area contributed by atoms with Crippen LogP contribution in [0.5, 0.6) is 5.75 Å². The number of nitrogens with zero attached hydrogens (tertiary/aromatic N) is 2. The van der Waals surface area contributed by atoms with Gasteiger partial charge in [0.2, 0.25) is 0 Å². The van der Waals surface area contributed by atoms with E-state index in [-0.39, 0.29) is 5.91 Å². The summed E-state index contributed by atoms with van der Waals surface area (Å²) in [5.41, 5.74) is 4.53. The number of hydrazone groups is 1. The number of hydrogen-bond donors (Lipinski definition) is 1. The molecule has 1 saturated heterocycles. The van der Waals surface area contributed by atoms with E-state index in [0.717, 1.165) is 30.0 Å². The van der Waals surface area contributed by atoms with Crippen LogP contribution in [0.3, 0.4) is 0 Å². The topological polar surface area (TPSA) is 63.2 Å². The Labute approximate surface area is 176 Å². The highest BCUT2D eigenvalue weighted by atomic mass is 16.5. The minimum absolute atomic E-state index is 0.137. The number of nitrogens with one attached hydrogen (secondary N) is 1. The van der Waals surface area contributed by atoms with Crippen molar-refractivity contribution in [1.29, 1.82) is 0 Å². The van der Waals surface area contributed by atoms with Crippen LogP contribution >= 0.6 is 0 Å². The molecule has 1 heterocycles. The van der Waals surface area contributed by atoms with E-state index in [4.69, 9.17) is 9.47 Å². The van der Waals surface area contributed by atoms with Gasteiger partial charge in [-0.25, -0.2) is 5.43 Å². The van der Waals surface area contributed by atoms with Gasteiger partial charge in [-0.3, -0.25) is 9.69 Å². The van der Waals surface area contributed by atoms with Gasteiger partial charge in [-0.05, 0) is 28.5 Å². The third-order valence-electron chi connectivity index (χ3n) is 5.05. The highest BCUT2D eigenvalue weighted by molar-refractivity contribution is 5.86. The molecule has 4 rings (SSSR count). The Kier molecular flexibility index (Phi) is 6.69. The maximum atomic E-state index is 12.1. The molecule has 0 aliphatic carbocycles. The van der Waals surface area contributed by atoms with Crippen LogP contribution in [0.4, 0.5) is 0 Å². The normalized spacial score (nSPS) is 14.8. The first kappa shape index (κ1) is 20.1. The highest BCUT2D eigenvalue weighted by Crippen LogP contribution is 2.22. The first-order chi connectivity index (χ1) is 14.8. The summed E-state index contributed by atoms with van der Waals surface area (Å²) in [5, 5.41) is 6.48. The quantitative estimate of drug-likeness (QED) is 0.486. The lowest BCUT2D eigenvalue weighted by molar-refractivity contribution is -0.123. The number of para-hydroxylation sites is 1. The fourth-order valence-corrected chi connectivity index (χ4v) is 3.46. The number of ether oxygens (including phenoxy) is 2. The fourth-order valence-electron chi connectivity index (χ4n) is 3.46. The van der Waals surface area contributed by atoms with Crippen LogP contribution in [0, 0.1) is 0 Å².